The molecule has 0 spiro atoms. The van der Waals surface area contributed by atoms with Crippen molar-refractivity contribution in [3.63, 3.8) is 0 Å². The third-order valence-corrected chi connectivity index (χ3v) is 5.71. The Labute approximate surface area is 150 Å². The number of rotatable bonds is 3. The highest BCUT2D eigenvalue weighted by Crippen LogP contribution is 2.35. The first-order valence-electron chi connectivity index (χ1n) is 7.83. The molecule has 1 aliphatic heterocycles. The van der Waals surface area contributed by atoms with Gasteiger partial charge in [0.1, 0.15) is 4.90 Å². The van der Waals surface area contributed by atoms with Crippen LogP contribution >= 0.6 is 0 Å². The summed E-state index contributed by atoms with van der Waals surface area (Å²) in [6, 6.07) is 21.8. The third-order valence-electron chi connectivity index (χ3n) is 3.94. The van der Waals surface area contributed by atoms with Crippen LogP contribution < -0.4 is 4.31 Å². The Kier molecular flexibility index (Phi) is 3.85. The van der Waals surface area contributed by atoms with Gasteiger partial charge in [-0.25, -0.2) is 8.42 Å². The van der Waals surface area contributed by atoms with E-state index in [4.69, 9.17) is 0 Å². The molecule has 0 unspecified atom stereocenters. The molecule has 0 bridgehead atoms. The summed E-state index contributed by atoms with van der Waals surface area (Å²) >= 11 is 0. The van der Waals surface area contributed by atoms with Crippen LogP contribution in [0.5, 0.6) is 0 Å². The Balaban J connectivity index is 1.64. The normalized spacial score (nSPS) is 15.4. The maximum Gasteiger partial charge on any atom is 0.273 e. The largest absolute Gasteiger partial charge is 0.273 e. The summed E-state index contributed by atoms with van der Waals surface area (Å²) in [7, 11) is -3.89. The number of hydrogen-bond acceptors (Lipinski definition) is 5. The Bertz CT molecular complexity index is 1110. The zero-order valence-corrected chi connectivity index (χ0v) is 14.3. The van der Waals surface area contributed by atoms with E-state index in [0.29, 0.717) is 11.4 Å². The van der Waals surface area contributed by atoms with Gasteiger partial charge in [0.15, 0.2) is 0 Å². The van der Waals surface area contributed by atoms with Gasteiger partial charge >= 0.3 is 0 Å². The lowest BCUT2D eigenvalue weighted by atomic mass is 10.2. The SMILES string of the molecule is O=C1c2ccccc2S(=O)(=O)N1c1ccc(N=Nc2ccccc2)cc1. The molecule has 0 aromatic heterocycles. The number of carbonyl (C=O) groups is 1. The minimum atomic E-state index is -3.89. The molecule has 26 heavy (non-hydrogen) atoms. The monoisotopic (exact) mass is 363 g/mol. The highest BCUT2D eigenvalue weighted by Gasteiger charge is 2.41. The summed E-state index contributed by atoms with van der Waals surface area (Å²) in [5, 5.41) is 8.22. The molecule has 0 fully saturated rings. The number of amides is 1. The second-order valence-electron chi connectivity index (χ2n) is 5.62. The minimum Gasteiger partial charge on any atom is -0.268 e. The van der Waals surface area contributed by atoms with Crippen molar-refractivity contribution in [2.24, 2.45) is 10.2 Å². The van der Waals surface area contributed by atoms with E-state index in [1.54, 1.807) is 36.4 Å². The van der Waals surface area contributed by atoms with Gasteiger partial charge in [-0.3, -0.25) is 4.79 Å². The van der Waals surface area contributed by atoms with E-state index in [0.717, 1.165) is 4.31 Å². The fourth-order valence-electron chi connectivity index (χ4n) is 2.71. The molecular formula is C19H13N3O3S. The molecule has 0 atom stereocenters. The van der Waals surface area contributed by atoms with Gasteiger partial charge in [-0.2, -0.15) is 14.5 Å². The summed E-state index contributed by atoms with van der Waals surface area (Å²) in [5.74, 6) is -0.556. The quantitative estimate of drug-likeness (QED) is 0.645. The van der Waals surface area contributed by atoms with Crippen LogP contribution in [0.3, 0.4) is 0 Å². The van der Waals surface area contributed by atoms with Crippen LogP contribution in [0.1, 0.15) is 10.4 Å². The number of carbonyl (C=O) groups excluding carboxylic acids is 1. The molecule has 7 heteroatoms. The Morgan fingerprint density at radius 1 is 0.692 bits per heavy atom. The summed E-state index contributed by atoms with van der Waals surface area (Å²) in [5.41, 5.74) is 1.72. The zero-order valence-electron chi connectivity index (χ0n) is 13.5. The Hall–Kier alpha value is -3.32. The van der Waals surface area contributed by atoms with Crippen molar-refractivity contribution in [1.29, 1.82) is 0 Å². The van der Waals surface area contributed by atoms with E-state index in [1.165, 1.54) is 12.1 Å². The number of anilines is 1. The highest BCUT2D eigenvalue weighted by atomic mass is 32.2. The van der Waals surface area contributed by atoms with Crippen molar-refractivity contribution in [2.75, 3.05) is 4.31 Å². The molecule has 3 aromatic carbocycles. The predicted octanol–water partition coefficient (Wildman–Crippen LogP) is 4.45. The van der Waals surface area contributed by atoms with E-state index >= 15 is 0 Å². The first-order valence-corrected chi connectivity index (χ1v) is 9.27. The van der Waals surface area contributed by atoms with E-state index < -0.39 is 15.9 Å². The second-order valence-corrected chi connectivity index (χ2v) is 7.38. The number of benzene rings is 3. The van der Waals surface area contributed by atoms with Crippen LogP contribution in [0, 0.1) is 0 Å². The number of fused-ring (bicyclic) bond motifs is 1. The number of sulfonamides is 1. The molecule has 128 valence electrons. The number of nitrogens with zero attached hydrogens (tertiary/aromatic N) is 3. The van der Waals surface area contributed by atoms with Gasteiger partial charge in [-0.15, -0.1) is 0 Å². The van der Waals surface area contributed by atoms with Crippen LogP contribution in [0.2, 0.25) is 0 Å². The van der Waals surface area contributed by atoms with Crippen LogP contribution in [-0.4, -0.2) is 14.3 Å². The first kappa shape index (κ1) is 16.2. The van der Waals surface area contributed by atoms with Gasteiger partial charge < -0.3 is 0 Å². The molecule has 0 radical (unpaired) electrons. The molecule has 1 amide bonds. The smallest absolute Gasteiger partial charge is 0.268 e. The molecule has 0 N–H and O–H groups in total. The van der Waals surface area contributed by atoms with Gasteiger partial charge in [0.05, 0.1) is 22.6 Å². The summed E-state index contributed by atoms with van der Waals surface area (Å²) in [6.07, 6.45) is 0. The summed E-state index contributed by atoms with van der Waals surface area (Å²) in [4.78, 5) is 12.5. The molecule has 1 aliphatic rings. The van der Waals surface area contributed by atoms with Crippen LogP contribution in [0.4, 0.5) is 17.1 Å². The van der Waals surface area contributed by atoms with E-state index in [2.05, 4.69) is 10.2 Å². The van der Waals surface area contributed by atoms with Crippen molar-refractivity contribution < 1.29 is 13.2 Å². The van der Waals surface area contributed by atoms with Gasteiger partial charge in [0.2, 0.25) is 0 Å². The van der Waals surface area contributed by atoms with Crippen LogP contribution in [0.15, 0.2) is 94.0 Å². The Morgan fingerprint density at radius 2 is 1.27 bits per heavy atom. The fourth-order valence-corrected chi connectivity index (χ4v) is 4.30. The lowest BCUT2D eigenvalue weighted by molar-refractivity contribution is 0.101. The Morgan fingerprint density at radius 3 is 1.92 bits per heavy atom. The van der Waals surface area contributed by atoms with Gasteiger partial charge in [0, 0.05) is 0 Å². The van der Waals surface area contributed by atoms with Crippen LogP contribution in [-0.2, 0) is 10.0 Å². The van der Waals surface area contributed by atoms with E-state index in [9.17, 15) is 13.2 Å². The van der Waals surface area contributed by atoms with Crippen molar-refractivity contribution >= 4 is 33.0 Å². The molecular weight excluding hydrogens is 350 g/mol. The lowest BCUT2D eigenvalue weighted by Crippen LogP contribution is -2.29. The average Bonchev–Trinajstić information content (AvgIpc) is 2.88. The van der Waals surface area contributed by atoms with Crippen LogP contribution in [0.25, 0.3) is 0 Å². The molecule has 4 rings (SSSR count). The van der Waals surface area contributed by atoms with Gasteiger partial charge in [0.25, 0.3) is 15.9 Å². The predicted molar refractivity (Wildman–Crippen MR) is 97.5 cm³/mol. The average molecular weight is 363 g/mol. The van der Waals surface area contributed by atoms with Crippen molar-refractivity contribution in [3.05, 3.63) is 84.4 Å². The summed E-state index contributed by atoms with van der Waals surface area (Å²) in [6.45, 7) is 0. The zero-order chi connectivity index (χ0) is 18.1. The van der Waals surface area contributed by atoms with Gasteiger partial charge in [-0.1, -0.05) is 30.3 Å². The number of hydrogen-bond donors (Lipinski definition) is 0. The van der Waals surface area contributed by atoms with E-state index in [-0.39, 0.29) is 16.1 Å². The van der Waals surface area contributed by atoms with Crippen molar-refractivity contribution in [1.82, 2.24) is 0 Å². The molecule has 0 saturated heterocycles. The van der Waals surface area contributed by atoms with Crippen molar-refractivity contribution in [2.45, 2.75) is 4.90 Å². The molecule has 0 saturated carbocycles. The first-order chi connectivity index (χ1) is 12.6. The van der Waals surface area contributed by atoms with E-state index in [1.807, 2.05) is 30.3 Å². The maximum absolute atomic E-state index is 12.7. The van der Waals surface area contributed by atoms with Gasteiger partial charge in [-0.05, 0) is 48.5 Å². The molecule has 6 nitrogen and oxygen atoms in total. The lowest BCUT2D eigenvalue weighted by Gasteiger charge is -2.14. The second kappa shape index (κ2) is 6.20. The summed E-state index contributed by atoms with van der Waals surface area (Å²) < 4.78 is 26.1. The maximum atomic E-state index is 12.7. The third kappa shape index (κ3) is 2.68. The molecule has 0 aliphatic carbocycles. The number of azo groups is 1. The highest BCUT2D eigenvalue weighted by molar-refractivity contribution is 7.94. The minimum absolute atomic E-state index is 0.0258. The standard InChI is InChI=1S/C19H13N3O3S/c23-19-17-8-4-5-9-18(17)26(24,25)22(19)16-12-10-15(11-13-16)21-20-14-6-2-1-3-7-14/h1-13H. The molecule has 3 aromatic rings. The fraction of sp³-hybridized carbons (Fsp3) is 0. The topological polar surface area (TPSA) is 79.2 Å². The van der Waals surface area contributed by atoms with Crippen molar-refractivity contribution in [3.8, 4) is 0 Å². The molecule has 1 heterocycles.